The molecule has 2 saturated heterocycles. The topological polar surface area (TPSA) is 45.7 Å². The average Bonchev–Trinajstić information content (AvgIpc) is 3.22. The van der Waals surface area contributed by atoms with Crippen molar-refractivity contribution in [2.24, 2.45) is 5.92 Å². The van der Waals surface area contributed by atoms with Crippen LogP contribution in [0, 0.1) is 5.92 Å². The molecular formula is C17H27N3O2S. The number of ether oxygens (including phenoxy) is 1. The highest BCUT2D eigenvalue weighted by Gasteiger charge is 2.38. The lowest BCUT2D eigenvalue weighted by molar-refractivity contribution is 0.0102. The number of carbonyl (C=O) groups is 1. The van der Waals surface area contributed by atoms with E-state index in [4.69, 9.17) is 4.74 Å². The molecule has 3 heterocycles. The van der Waals surface area contributed by atoms with Crippen molar-refractivity contribution < 1.29 is 9.53 Å². The maximum Gasteiger partial charge on any atom is 0.273 e. The fraction of sp³-hybridized carbons (Fsp3) is 0.765. The van der Waals surface area contributed by atoms with Crippen LogP contribution in [0.25, 0.3) is 0 Å². The quantitative estimate of drug-likeness (QED) is 0.847. The number of amides is 1. The molecule has 0 spiro atoms. The lowest BCUT2D eigenvalue weighted by atomic mass is 9.99. The summed E-state index contributed by atoms with van der Waals surface area (Å²) in [6.45, 7) is 11.7. The van der Waals surface area contributed by atoms with Crippen LogP contribution in [-0.4, -0.2) is 66.1 Å². The molecule has 3 rings (SSSR count). The maximum atomic E-state index is 12.8. The molecule has 23 heavy (non-hydrogen) atoms. The Morgan fingerprint density at radius 3 is 2.74 bits per heavy atom. The van der Waals surface area contributed by atoms with Crippen LogP contribution in [0.1, 0.15) is 48.6 Å². The Labute approximate surface area is 142 Å². The Hall–Kier alpha value is -0.980. The molecule has 2 fully saturated rings. The van der Waals surface area contributed by atoms with Crippen molar-refractivity contribution in [3.05, 3.63) is 16.1 Å². The second-order valence-electron chi connectivity index (χ2n) is 6.82. The van der Waals surface area contributed by atoms with Gasteiger partial charge in [-0.3, -0.25) is 9.69 Å². The summed E-state index contributed by atoms with van der Waals surface area (Å²) in [5, 5.41) is 2.96. The van der Waals surface area contributed by atoms with E-state index in [0.29, 0.717) is 23.6 Å². The van der Waals surface area contributed by atoms with E-state index in [9.17, 15) is 4.79 Å². The fourth-order valence-electron chi connectivity index (χ4n) is 3.56. The van der Waals surface area contributed by atoms with Gasteiger partial charge in [0.2, 0.25) is 0 Å². The molecule has 0 radical (unpaired) electrons. The zero-order chi connectivity index (χ0) is 16.4. The van der Waals surface area contributed by atoms with Crippen molar-refractivity contribution in [2.75, 3.05) is 39.4 Å². The van der Waals surface area contributed by atoms with E-state index in [2.05, 4.69) is 30.7 Å². The fourth-order valence-corrected chi connectivity index (χ4v) is 4.37. The number of likely N-dealkylation sites (tertiary alicyclic amines) is 1. The SMILES string of the molecule is CC[C@H]1CN(C(=O)c2csc(C(C)C)n2)C[C@@H]1N1CCOCC1. The molecule has 2 atom stereocenters. The van der Waals surface area contributed by atoms with Crippen LogP contribution in [0.4, 0.5) is 0 Å². The molecule has 0 unspecified atom stereocenters. The second kappa shape index (κ2) is 7.28. The van der Waals surface area contributed by atoms with E-state index in [1.165, 1.54) is 0 Å². The van der Waals surface area contributed by atoms with Gasteiger partial charge >= 0.3 is 0 Å². The van der Waals surface area contributed by atoms with Gasteiger partial charge in [-0.05, 0) is 5.92 Å². The van der Waals surface area contributed by atoms with E-state index in [1.807, 2.05) is 10.3 Å². The Balaban J connectivity index is 1.69. The average molecular weight is 337 g/mol. The molecule has 0 N–H and O–H groups in total. The van der Waals surface area contributed by atoms with Gasteiger partial charge in [0.25, 0.3) is 5.91 Å². The zero-order valence-corrected chi connectivity index (χ0v) is 15.1. The molecule has 6 heteroatoms. The molecular weight excluding hydrogens is 310 g/mol. The van der Waals surface area contributed by atoms with Crippen LogP contribution in [0.15, 0.2) is 5.38 Å². The van der Waals surface area contributed by atoms with E-state index < -0.39 is 0 Å². The van der Waals surface area contributed by atoms with Crippen molar-refractivity contribution in [3.63, 3.8) is 0 Å². The molecule has 128 valence electrons. The highest BCUT2D eigenvalue weighted by molar-refractivity contribution is 7.09. The Morgan fingerprint density at radius 1 is 1.39 bits per heavy atom. The first-order chi connectivity index (χ1) is 11.1. The second-order valence-corrected chi connectivity index (χ2v) is 7.71. The number of hydrogen-bond donors (Lipinski definition) is 0. The Kier molecular flexibility index (Phi) is 5.34. The summed E-state index contributed by atoms with van der Waals surface area (Å²) in [5.41, 5.74) is 0.621. The van der Waals surface area contributed by atoms with Gasteiger partial charge in [0, 0.05) is 43.5 Å². The zero-order valence-electron chi connectivity index (χ0n) is 14.3. The maximum absolute atomic E-state index is 12.8. The van der Waals surface area contributed by atoms with Gasteiger partial charge in [-0.15, -0.1) is 11.3 Å². The smallest absolute Gasteiger partial charge is 0.273 e. The minimum atomic E-state index is 0.0994. The molecule has 0 aromatic carbocycles. The molecule has 0 bridgehead atoms. The van der Waals surface area contributed by atoms with Crippen molar-refractivity contribution >= 4 is 17.2 Å². The number of aromatic nitrogens is 1. The first kappa shape index (κ1) is 16.9. The largest absolute Gasteiger partial charge is 0.379 e. The van der Waals surface area contributed by atoms with Crippen LogP contribution < -0.4 is 0 Å². The van der Waals surface area contributed by atoms with Crippen LogP contribution in [0.3, 0.4) is 0 Å². The number of carbonyl (C=O) groups excluding carboxylic acids is 1. The number of thiazole rings is 1. The van der Waals surface area contributed by atoms with Crippen molar-refractivity contribution in [2.45, 2.75) is 39.2 Å². The summed E-state index contributed by atoms with van der Waals surface area (Å²) < 4.78 is 5.47. The van der Waals surface area contributed by atoms with Crippen LogP contribution in [-0.2, 0) is 4.74 Å². The molecule has 1 aromatic rings. The summed E-state index contributed by atoms with van der Waals surface area (Å²) in [6.07, 6.45) is 1.11. The highest BCUT2D eigenvalue weighted by atomic mass is 32.1. The Bertz CT molecular complexity index is 540. The highest BCUT2D eigenvalue weighted by Crippen LogP contribution is 2.28. The number of hydrogen-bond acceptors (Lipinski definition) is 5. The van der Waals surface area contributed by atoms with Gasteiger partial charge in [-0.1, -0.05) is 27.2 Å². The summed E-state index contributed by atoms with van der Waals surface area (Å²) in [6, 6.07) is 0.469. The first-order valence-electron chi connectivity index (χ1n) is 8.66. The van der Waals surface area contributed by atoms with Crippen LogP contribution >= 0.6 is 11.3 Å². The first-order valence-corrected chi connectivity index (χ1v) is 9.54. The standard InChI is InChI=1S/C17H27N3O2S/c1-4-13-9-20(10-15(13)19-5-7-22-8-6-19)17(21)14-11-23-16(18-14)12(2)3/h11-13,15H,4-10H2,1-3H3/t13-,15-/m0/s1. The molecule has 5 nitrogen and oxygen atoms in total. The van der Waals surface area contributed by atoms with Crippen LogP contribution in [0.5, 0.6) is 0 Å². The number of nitrogens with zero attached hydrogens (tertiary/aromatic N) is 3. The van der Waals surface area contributed by atoms with Gasteiger partial charge in [-0.2, -0.15) is 0 Å². The third-order valence-electron chi connectivity index (χ3n) is 4.97. The molecule has 1 aromatic heterocycles. The number of rotatable bonds is 4. The molecule has 1 amide bonds. The van der Waals surface area contributed by atoms with E-state index >= 15 is 0 Å². The third kappa shape index (κ3) is 3.59. The van der Waals surface area contributed by atoms with Gasteiger partial charge in [0.15, 0.2) is 0 Å². The summed E-state index contributed by atoms with van der Waals surface area (Å²) >= 11 is 1.59. The molecule has 0 aliphatic carbocycles. The minimum absolute atomic E-state index is 0.0994. The Morgan fingerprint density at radius 2 is 2.13 bits per heavy atom. The summed E-state index contributed by atoms with van der Waals surface area (Å²) in [5.74, 6) is 1.03. The number of morpholine rings is 1. The normalized spacial score (nSPS) is 26.2. The monoisotopic (exact) mass is 337 g/mol. The van der Waals surface area contributed by atoms with Crippen molar-refractivity contribution in [3.8, 4) is 0 Å². The van der Waals surface area contributed by atoms with E-state index in [-0.39, 0.29) is 5.91 Å². The predicted octanol–water partition coefficient (Wildman–Crippen LogP) is 2.45. The minimum Gasteiger partial charge on any atom is -0.379 e. The molecule has 2 aliphatic heterocycles. The predicted molar refractivity (Wildman–Crippen MR) is 92.1 cm³/mol. The van der Waals surface area contributed by atoms with E-state index in [1.54, 1.807) is 11.3 Å². The van der Waals surface area contributed by atoms with Gasteiger partial charge in [0.05, 0.1) is 18.2 Å². The van der Waals surface area contributed by atoms with Crippen molar-refractivity contribution in [1.82, 2.24) is 14.8 Å². The lowest BCUT2D eigenvalue weighted by Gasteiger charge is -2.34. The molecule has 2 aliphatic rings. The molecule has 0 saturated carbocycles. The van der Waals surface area contributed by atoms with Gasteiger partial charge in [0.1, 0.15) is 5.69 Å². The third-order valence-corrected chi connectivity index (χ3v) is 6.11. The summed E-state index contributed by atoms with van der Waals surface area (Å²) in [4.78, 5) is 21.8. The lowest BCUT2D eigenvalue weighted by Crippen LogP contribution is -2.47. The van der Waals surface area contributed by atoms with Gasteiger partial charge < -0.3 is 9.64 Å². The van der Waals surface area contributed by atoms with Gasteiger partial charge in [-0.25, -0.2) is 4.98 Å². The van der Waals surface area contributed by atoms with Crippen molar-refractivity contribution in [1.29, 1.82) is 0 Å². The van der Waals surface area contributed by atoms with Crippen LogP contribution in [0.2, 0.25) is 0 Å². The van der Waals surface area contributed by atoms with E-state index in [0.717, 1.165) is 50.8 Å². The summed E-state index contributed by atoms with van der Waals surface area (Å²) in [7, 11) is 0.